The Morgan fingerprint density at radius 3 is 2.35 bits per heavy atom. The number of alkyl halides is 3. The van der Waals surface area contributed by atoms with Gasteiger partial charge in [0.25, 0.3) is 11.8 Å². The van der Waals surface area contributed by atoms with Crippen LogP contribution in [-0.4, -0.2) is 50.7 Å². The highest BCUT2D eigenvalue weighted by atomic mass is 35.5. The summed E-state index contributed by atoms with van der Waals surface area (Å²) in [7, 11) is 1.43. The van der Waals surface area contributed by atoms with Crippen molar-refractivity contribution in [2.75, 3.05) is 12.5 Å². The number of methoxy groups -OCH3 is 1. The van der Waals surface area contributed by atoms with Gasteiger partial charge in [-0.3, -0.25) is 29.5 Å². The first-order chi connectivity index (χ1) is 26.2. The second-order valence-corrected chi connectivity index (χ2v) is 14.9. The number of ether oxygens (including phenoxy) is 1. The molecule has 0 unspecified atom stereocenters. The van der Waals surface area contributed by atoms with Crippen molar-refractivity contribution in [2.45, 2.75) is 36.9 Å². The number of imide groups is 2. The number of phenolic OH excluding ortho intramolecular Hbond substituents is 1. The van der Waals surface area contributed by atoms with E-state index in [-0.39, 0.29) is 42.4 Å². The molecule has 2 aliphatic carbocycles. The fraction of sp³-hybridized carbons (Fsp3) is 0.275. The van der Waals surface area contributed by atoms with Crippen molar-refractivity contribution >= 4 is 52.6 Å². The minimum Gasteiger partial charge on any atom is -0.508 e. The molecule has 2 aliphatic heterocycles. The first kappa shape index (κ1) is 36.6. The maximum absolute atomic E-state index is 15.3. The van der Waals surface area contributed by atoms with E-state index in [1.54, 1.807) is 30.3 Å². The van der Waals surface area contributed by atoms with Crippen molar-refractivity contribution in [3.8, 4) is 11.5 Å². The van der Waals surface area contributed by atoms with Crippen LogP contribution in [-0.2, 0) is 37.3 Å². The summed E-state index contributed by atoms with van der Waals surface area (Å²) in [6, 6.07) is 20.6. The zero-order valence-corrected chi connectivity index (χ0v) is 30.4. The summed E-state index contributed by atoms with van der Waals surface area (Å²) < 4.78 is 46.0. The second kappa shape index (κ2) is 13.4. The minimum absolute atomic E-state index is 0.0573. The van der Waals surface area contributed by atoms with E-state index in [0.29, 0.717) is 39.2 Å². The topological polar surface area (TPSA) is 129 Å². The molecule has 4 aromatic rings. The number of aromatic nitrogens is 1. The van der Waals surface area contributed by atoms with Crippen LogP contribution >= 0.6 is 23.2 Å². The Bertz CT molecular complexity index is 2290. The zero-order valence-electron chi connectivity index (χ0n) is 28.9. The third kappa shape index (κ3) is 5.74. The van der Waals surface area contributed by atoms with E-state index in [0.717, 1.165) is 5.56 Å². The number of amides is 4. The number of aromatic hydroxyl groups is 1. The van der Waals surface area contributed by atoms with E-state index in [1.165, 1.54) is 24.1 Å². The van der Waals surface area contributed by atoms with Crippen molar-refractivity contribution < 1.29 is 42.2 Å². The normalized spacial score (nSPS) is 26.1. The van der Waals surface area contributed by atoms with E-state index in [2.05, 4.69) is 10.4 Å². The average molecular weight is 792 g/mol. The number of hydrazine groups is 1. The quantitative estimate of drug-likeness (QED) is 0.147. The maximum Gasteiger partial charge on any atom is 0.417 e. The SMILES string of the molecule is COc1ccc(O)c([C@H]2C3=CC[C@@H]4C(=O)N(Cc5ccccc5)C(=O)[C@@H]4[C@@H]3C[C@H]3C(=O)N(Nc4ncc(C(F)(F)F)cc4Cl)C(=O)[C@@]23c2ccc(Cl)cc2)c1. The van der Waals surface area contributed by atoms with Crippen LogP contribution in [0.5, 0.6) is 11.5 Å². The number of phenols is 1. The van der Waals surface area contributed by atoms with Gasteiger partial charge in [0.15, 0.2) is 5.82 Å². The van der Waals surface area contributed by atoms with Crippen molar-refractivity contribution in [1.29, 1.82) is 0 Å². The molecule has 4 amide bonds. The number of carbonyl (C=O) groups excluding carboxylic acids is 4. The Morgan fingerprint density at radius 1 is 0.945 bits per heavy atom. The number of pyridine rings is 1. The van der Waals surface area contributed by atoms with Crippen molar-refractivity contribution in [3.63, 3.8) is 0 Å². The Kier molecular flexibility index (Phi) is 8.92. The van der Waals surface area contributed by atoms with Crippen LogP contribution in [0.2, 0.25) is 10.0 Å². The van der Waals surface area contributed by atoms with Gasteiger partial charge in [-0.05, 0) is 66.3 Å². The molecule has 15 heteroatoms. The number of hydrogen-bond donors (Lipinski definition) is 2. The number of allylic oxidation sites excluding steroid dienone is 2. The lowest BCUT2D eigenvalue weighted by molar-refractivity contribution is -0.142. The van der Waals surface area contributed by atoms with Gasteiger partial charge in [-0.1, -0.05) is 77.3 Å². The largest absolute Gasteiger partial charge is 0.508 e. The van der Waals surface area contributed by atoms with Crippen molar-refractivity contribution in [1.82, 2.24) is 14.9 Å². The summed E-state index contributed by atoms with van der Waals surface area (Å²) in [6.07, 6.45) is -2.30. The third-order valence-electron chi connectivity index (χ3n) is 11.4. The molecule has 0 radical (unpaired) electrons. The summed E-state index contributed by atoms with van der Waals surface area (Å²) >= 11 is 12.6. The molecule has 0 bridgehead atoms. The molecule has 6 atom stereocenters. The summed E-state index contributed by atoms with van der Waals surface area (Å²) in [5.41, 5.74) is 1.55. The molecule has 1 saturated carbocycles. The minimum atomic E-state index is -4.76. The van der Waals surface area contributed by atoms with E-state index >= 15 is 4.79 Å². The predicted molar refractivity (Wildman–Crippen MR) is 194 cm³/mol. The van der Waals surface area contributed by atoms with Gasteiger partial charge in [0.2, 0.25) is 11.8 Å². The number of rotatable bonds is 7. The molecule has 3 heterocycles. The molecule has 2 saturated heterocycles. The highest BCUT2D eigenvalue weighted by Crippen LogP contribution is 2.65. The maximum atomic E-state index is 15.3. The van der Waals surface area contributed by atoms with E-state index in [9.17, 15) is 32.7 Å². The van der Waals surface area contributed by atoms with Crippen LogP contribution in [0.3, 0.4) is 0 Å². The van der Waals surface area contributed by atoms with Gasteiger partial charge in [-0.2, -0.15) is 18.2 Å². The molecule has 282 valence electrons. The molecule has 8 rings (SSSR count). The average Bonchev–Trinajstić information content (AvgIpc) is 3.53. The number of fused-ring (bicyclic) bond motifs is 4. The number of halogens is 5. The number of carbonyl (C=O) groups is 4. The summed E-state index contributed by atoms with van der Waals surface area (Å²) in [5, 5.41) is 12.1. The van der Waals surface area contributed by atoms with Gasteiger partial charge >= 0.3 is 6.18 Å². The van der Waals surface area contributed by atoms with Gasteiger partial charge < -0.3 is 9.84 Å². The fourth-order valence-corrected chi connectivity index (χ4v) is 9.34. The zero-order chi connectivity index (χ0) is 39.0. The standard InChI is InChI=1S/C40H31Cl2F3N4O6/c1-55-24-11-14-31(50)28(16-24)33-25-12-13-26-32(37(53)48(35(26)51)19-20-5-3-2-4-6-20)27(25)17-29-36(52)49(38(54)39(29,33)21-7-9-23(41)10-8-21)47-34-30(42)15-22(18-46-34)40(43,44)45/h2-12,14-16,18,26-27,29,32-33,50H,13,17,19H2,1H3,(H,46,47)/t26-,27+,29-,32-,33+,39+/m0/s1. The van der Waals surface area contributed by atoms with Gasteiger partial charge in [-0.25, -0.2) is 4.98 Å². The number of nitrogens with one attached hydrogen (secondary N) is 1. The Morgan fingerprint density at radius 2 is 1.67 bits per heavy atom. The second-order valence-electron chi connectivity index (χ2n) is 14.1. The molecule has 0 spiro atoms. The van der Waals surface area contributed by atoms with E-state index in [4.69, 9.17) is 27.9 Å². The molecule has 1 aromatic heterocycles. The molecule has 3 fully saturated rings. The van der Waals surface area contributed by atoms with Gasteiger partial charge in [0.1, 0.15) is 11.5 Å². The van der Waals surface area contributed by atoms with E-state index < -0.39 is 69.5 Å². The lowest BCUT2D eigenvalue weighted by Crippen LogP contribution is -2.53. The highest BCUT2D eigenvalue weighted by Gasteiger charge is 2.70. The first-order valence-corrected chi connectivity index (χ1v) is 18.1. The van der Waals surface area contributed by atoms with Gasteiger partial charge in [-0.15, -0.1) is 0 Å². The molecule has 2 N–H and O–H groups in total. The monoisotopic (exact) mass is 790 g/mol. The molecule has 55 heavy (non-hydrogen) atoms. The van der Waals surface area contributed by atoms with Crippen molar-refractivity contribution in [3.05, 3.63) is 129 Å². The van der Waals surface area contributed by atoms with Crippen molar-refractivity contribution in [2.24, 2.45) is 23.7 Å². The van der Waals surface area contributed by atoms with Crippen LogP contribution in [0, 0.1) is 23.7 Å². The van der Waals surface area contributed by atoms with Gasteiger partial charge in [0.05, 0.1) is 47.4 Å². The summed E-state index contributed by atoms with van der Waals surface area (Å²) in [5.74, 6) is -7.30. The number of hydrogen-bond acceptors (Lipinski definition) is 8. The fourth-order valence-electron chi connectivity index (χ4n) is 9.01. The van der Waals surface area contributed by atoms with E-state index in [1.807, 2.05) is 36.4 Å². The lowest BCUT2D eigenvalue weighted by atomic mass is 9.49. The predicted octanol–water partition coefficient (Wildman–Crippen LogP) is 7.31. The molecule has 3 aromatic carbocycles. The number of likely N-dealkylation sites (tertiary alicyclic amines) is 1. The smallest absolute Gasteiger partial charge is 0.417 e. The Hall–Kier alpha value is -5.40. The molecule has 10 nitrogen and oxygen atoms in total. The first-order valence-electron chi connectivity index (χ1n) is 17.4. The Labute approximate surface area is 322 Å². The highest BCUT2D eigenvalue weighted by molar-refractivity contribution is 6.33. The lowest BCUT2D eigenvalue weighted by Gasteiger charge is -2.50. The molecular weight excluding hydrogens is 760 g/mol. The van der Waals surface area contributed by atoms with Crippen LogP contribution in [0.15, 0.2) is 96.7 Å². The van der Waals surface area contributed by atoms with Crippen LogP contribution in [0.25, 0.3) is 0 Å². The van der Waals surface area contributed by atoms with Gasteiger partial charge in [0, 0.05) is 22.7 Å². The van der Waals surface area contributed by atoms with Crippen LogP contribution in [0.1, 0.15) is 41.0 Å². The van der Waals surface area contributed by atoms with Crippen LogP contribution < -0.4 is 10.2 Å². The molecular formula is C40H31Cl2F3N4O6. The molecule has 4 aliphatic rings. The summed E-state index contributed by atoms with van der Waals surface area (Å²) in [6.45, 7) is 0.0573. The third-order valence-corrected chi connectivity index (χ3v) is 11.9. The number of benzene rings is 3. The Balaban J connectivity index is 1.31. The summed E-state index contributed by atoms with van der Waals surface area (Å²) in [4.78, 5) is 63.5. The number of nitrogens with zero attached hydrogens (tertiary/aromatic N) is 3. The number of anilines is 1. The van der Waals surface area contributed by atoms with Crippen LogP contribution in [0.4, 0.5) is 19.0 Å².